The summed E-state index contributed by atoms with van der Waals surface area (Å²) in [5.74, 6) is 1.76. The van der Waals surface area contributed by atoms with Gasteiger partial charge in [0.25, 0.3) is 0 Å². The lowest BCUT2D eigenvalue weighted by Gasteiger charge is -2.30. The number of rotatable bonds is 7. The zero-order valence-electron chi connectivity index (χ0n) is 18.4. The number of hydrogen-bond donors (Lipinski definition) is 0. The van der Waals surface area contributed by atoms with Crippen molar-refractivity contribution in [1.82, 2.24) is 15.2 Å². The maximum absolute atomic E-state index is 12.9. The zero-order valence-corrected chi connectivity index (χ0v) is 19.3. The normalized spacial score (nSPS) is 14.7. The number of nitrogens with zero attached hydrogens (tertiary/aromatic N) is 4. The minimum atomic E-state index is -0.761. The van der Waals surface area contributed by atoms with Crippen molar-refractivity contribution in [2.24, 2.45) is 0 Å². The third-order valence-electron chi connectivity index (χ3n) is 5.06. The molecule has 1 atom stereocenters. The highest BCUT2D eigenvalue weighted by Gasteiger charge is 2.35. The number of benzene rings is 2. The van der Waals surface area contributed by atoms with E-state index < -0.39 is 6.23 Å². The number of fused-ring (bicyclic) bond motifs is 3. The number of anilines is 1. The number of aromatic nitrogens is 3. The molecular weight excluding hydrogens is 424 g/mol. The van der Waals surface area contributed by atoms with Crippen molar-refractivity contribution in [2.45, 2.75) is 45.0 Å². The number of unbranched alkanes of at least 4 members (excludes halogenated alkanes) is 1. The molecule has 7 nitrogen and oxygen atoms in total. The van der Waals surface area contributed by atoms with Crippen LogP contribution in [0.5, 0.6) is 11.6 Å². The van der Waals surface area contributed by atoms with E-state index >= 15 is 0 Å². The lowest BCUT2D eigenvalue weighted by Crippen LogP contribution is -2.36. The van der Waals surface area contributed by atoms with Crippen molar-refractivity contribution >= 4 is 23.4 Å². The Bertz CT molecular complexity index is 1110. The van der Waals surface area contributed by atoms with Crippen molar-refractivity contribution in [3.05, 3.63) is 54.1 Å². The third kappa shape index (κ3) is 4.41. The molecule has 0 fully saturated rings. The second-order valence-electron chi connectivity index (χ2n) is 7.30. The van der Waals surface area contributed by atoms with Crippen LogP contribution < -0.4 is 14.4 Å². The van der Waals surface area contributed by atoms with Crippen LogP contribution in [0.1, 0.15) is 45.4 Å². The van der Waals surface area contributed by atoms with Crippen LogP contribution in [-0.4, -0.2) is 33.4 Å². The van der Waals surface area contributed by atoms with Gasteiger partial charge in [0.1, 0.15) is 5.75 Å². The first-order chi connectivity index (χ1) is 15.6. The standard InChI is InChI=1S/C24H26N4O3S/c1-4-6-15-32-24-25-22-21(26-27-24)17-11-7-9-13-19(17)28(16(3)29)23(31-22)18-12-8-10-14-20(18)30-5-2/h7-14,23H,4-6,15H2,1-3H3. The first-order valence-electron chi connectivity index (χ1n) is 10.8. The fourth-order valence-corrected chi connectivity index (χ4v) is 4.46. The van der Waals surface area contributed by atoms with Gasteiger partial charge in [-0.1, -0.05) is 55.4 Å². The number of thioether (sulfide) groups is 1. The maximum atomic E-state index is 12.9. The summed E-state index contributed by atoms with van der Waals surface area (Å²) in [5, 5.41) is 9.32. The monoisotopic (exact) mass is 450 g/mol. The third-order valence-corrected chi connectivity index (χ3v) is 5.99. The molecule has 2 aromatic carbocycles. The Morgan fingerprint density at radius 1 is 1.12 bits per heavy atom. The molecule has 8 heteroatoms. The number of amides is 1. The maximum Gasteiger partial charge on any atom is 0.247 e. The molecule has 1 aliphatic heterocycles. The molecule has 0 spiro atoms. The highest BCUT2D eigenvalue weighted by Crippen LogP contribution is 2.44. The number of para-hydroxylation sites is 2. The lowest BCUT2D eigenvalue weighted by atomic mass is 10.1. The van der Waals surface area contributed by atoms with Gasteiger partial charge < -0.3 is 9.47 Å². The van der Waals surface area contributed by atoms with E-state index in [-0.39, 0.29) is 5.91 Å². The SMILES string of the molecule is CCCCSc1nnc2c(n1)OC(c1ccccc1OCC)N(C(C)=O)c1ccccc1-2. The molecule has 32 heavy (non-hydrogen) atoms. The van der Waals surface area contributed by atoms with Gasteiger partial charge in [-0.15, -0.1) is 10.2 Å². The van der Waals surface area contributed by atoms with Gasteiger partial charge in [-0.2, -0.15) is 4.98 Å². The Kier molecular flexibility index (Phi) is 6.90. The lowest BCUT2D eigenvalue weighted by molar-refractivity contribution is -0.118. The summed E-state index contributed by atoms with van der Waals surface area (Å²) in [7, 11) is 0. The topological polar surface area (TPSA) is 77.4 Å². The number of carbonyl (C=O) groups is 1. The Morgan fingerprint density at radius 2 is 1.91 bits per heavy atom. The van der Waals surface area contributed by atoms with E-state index in [0.29, 0.717) is 34.8 Å². The average molecular weight is 451 g/mol. The van der Waals surface area contributed by atoms with Crippen molar-refractivity contribution in [2.75, 3.05) is 17.3 Å². The largest absolute Gasteiger partial charge is 0.493 e. The summed E-state index contributed by atoms with van der Waals surface area (Å²) >= 11 is 1.55. The van der Waals surface area contributed by atoms with Crippen LogP contribution >= 0.6 is 11.8 Å². The van der Waals surface area contributed by atoms with Crippen molar-refractivity contribution in [3.8, 4) is 22.9 Å². The van der Waals surface area contributed by atoms with Crippen LogP contribution in [0.15, 0.2) is 53.7 Å². The van der Waals surface area contributed by atoms with Crippen LogP contribution in [0.3, 0.4) is 0 Å². The summed E-state index contributed by atoms with van der Waals surface area (Å²) in [6, 6.07) is 15.2. The molecule has 4 rings (SSSR count). The molecule has 0 aliphatic carbocycles. The van der Waals surface area contributed by atoms with Crippen LogP contribution in [-0.2, 0) is 4.79 Å². The summed E-state index contributed by atoms with van der Waals surface area (Å²) in [5.41, 5.74) is 2.70. The molecule has 0 N–H and O–H groups in total. The Morgan fingerprint density at radius 3 is 2.69 bits per heavy atom. The number of hydrogen-bond acceptors (Lipinski definition) is 7. The Labute approximate surface area is 192 Å². The highest BCUT2D eigenvalue weighted by molar-refractivity contribution is 7.99. The van der Waals surface area contributed by atoms with Gasteiger partial charge in [0.15, 0.2) is 5.69 Å². The molecule has 1 amide bonds. The molecule has 0 saturated carbocycles. The van der Waals surface area contributed by atoms with Crippen molar-refractivity contribution in [3.63, 3.8) is 0 Å². The summed E-state index contributed by atoms with van der Waals surface area (Å²) in [4.78, 5) is 19.2. The van der Waals surface area contributed by atoms with Gasteiger partial charge in [0, 0.05) is 18.2 Å². The van der Waals surface area contributed by atoms with E-state index in [1.165, 1.54) is 6.92 Å². The second kappa shape index (κ2) is 9.99. The summed E-state index contributed by atoms with van der Waals surface area (Å²) < 4.78 is 12.3. The van der Waals surface area contributed by atoms with Gasteiger partial charge >= 0.3 is 0 Å². The van der Waals surface area contributed by atoms with E-state index in [0.717, 1.165) is 29.7 Å². The molecule has 3 aromatic rings. The van der Waals surface area contributed by atoms with Gasteiger partial charge in [-0.05, 0) is 31.5 Å². The van der Waals surface area contributed by atoms with Crippen LogP contribution in [0.25, 0.3) is 11.3 Å². The highest BCUT2D eigenvalue weighted by atomic mass is 32.2. The second-order valence-corrected chi connectivity index (χ2v) is 8.36. The molecule has 0 saturated heterocycles. The van der Waals surface area contributed by atoms with Crippen LogP contribution in [0.2, 0.25) is 0 Å². The van der Waals surface area contributed by atoms with Crippen LogP contribution in [0.4, 0.5) is 5.69 Å². The fraction of sp³-hybridized carbons (Fsp3) is 0.333. The van der Waals surface area contributed by atoms with E-state index in [1.54, 1.807) is 16.7 Å². The van der Waals surface area contributed by atoms with E-state index in [9.17, 15) is 4.79 Å². The fourth-order valence-electron chi connectivity index (χ4n) is 3.60. The van der Waals surface area contributed by atoms with Crippen molar-refractivity contribution in [1.29, 1.82) is 0 Å². The first-order valence-corrected chi connectivity index (χ1v) is 11.8. The van der Waals surface area contributed by atoms with Crippen molar-refractivity contribution < 1.29 is 14.3 Å². The quantitative estimate of drug-likeness (QED) is 0.358. The minimum Gasteiger partial charge on any atom is -0.493 e. The number of ether oxygens (including phenoxy) is 2. The Balaban J connectivity index is 1.87. The van der Waals surface area contributed by atoms with Gasteiger partial charge in [0.2, 0.25) is 23.2 Å². The summed E-state index contributed by atoms with van der Waals surface area (Å²) in [6.45, 7) is 6.10. The minimum absolute atomic E-state index is 0.160. The molecule has 1 unspecified atom stereocenters. The van der Waals surface area contributed by atoms with E-state index in [1.807, 2.05) is 55.5 Å². The van der Waals surface area contributed by atoms with Gasteiger partial charge in [-0.3, -0.25) is 9.69 Å². The molecule has 166 valence electrons. The predicted octanol–water partition coefficient (Wildman–Crippen LogP) is 5.27. The molecule has 1 aromatic heterocycles. The number of carbonyl (C=O) groups excluding carboxylic acids is 1. The first kappa shape index (κ1) is 22.1. The van der Waals surface area contributed by atoms with Gasteiger partial charge in [-0.25, -0.2) is 0 Å². The predicted molar refractivity (Wildman–Crippen MR) is 125 cm³/mol. The summed E-state index contributed by atoms with van der Waals surface area (Å²) in [6.07, 6.45) is 1.40. The van der Waals surface area contributed by atoms with E-state index in [4.69, 9.17) is 9.47 Å². The zero-order chi connectivity index (χ0) is 22.5. The average Bonchev–Trinajstić information content (AvgIpc) is 2.94. The molecular formula is C24H26N4O3S. The molecule has 0 bridgehead atoms. The van der Waals surface area contributed by atoms with E-state index in [2.05, 4.69) is 22.1 Å². The smallest absolute Gasteiger partial charge is 0.247 e. The van der Waals surface area contributed by atoms with Gasteiger partial charge in [0.05, 0.1) is 17.9 Å². The molecule has 1 aliphatic rings. The molecule has 2 heterocycles. The van der Waals surface area contributed by atoms with Crippen LogP contribution in [0, 0.1) is 0 Å². The molecule has 0 radical (unpaired) electrons. The Hall–Kier alpha value is -3.13.